The summed E-state index contributed by atoms with van der Waals surface area (Å²) in [6.45, 7) is 3.21. The fourth-order valence-corrected chi connectivity index (χ4v) is 5.71. The molecular weight excluding hydrogens is 466 g/mol. The van der Waals surface area contributed by atoms with Crippen LogP contribution in [-0.4, -0.2) is 44.2 Å². The van der Waals surface area contributed by atoms with Crippen LogP contribution in [0.25, 0.3) is 10.6 Å². The molecule has 0 spiro atoms. The van der Waals surface area contributed by atoms with Gasteiger partial charge in [-0.2, -0.15) is 0 Å². The van der Waals surface area contributed by atoms with E-state index >= 15 is 0 Å². The van der Waals surface area contributed by atoms with Crippen molar-refractivity contribution in [3.8, 4) is 10.6 Å². The number of carbonyl (C=O) groups is 1. The van der Waals surface area contributed by atoms with Crippen LogP contribution < -0.4 is 10.2 Å². The van der Waals surface area contributed by atoms with E-state index in [1.807, 2.05) is 36.4 Å². The van der Waals surface area contributed by atoms with Gasteiger partial charge in [0.1, 0.15) is 10.7 Å². The molecule has 2 aromatic carbocycles. The minimum atomic E-state index is -3.19. The van der Waals surface area contributed by atoms with Gasteiger partial charge >= 0.3 is 0 Å². The molecule has 1 saturated heterocycles. The first-order valence-corrected chi connectivity index (χ1v) is 13.4. The van der Waals surface area contributed by atoms with E-state index in [0.29, 0.717) is 15.6 Å². The largest absolute Gasteiger partial charge is 0.371 e. The third-order valence-corrected chi connectivity index (χ3v) is 8.57. The summed E-state index contributed by atoms with van der Waals surface area (Å²) < 4.78 is 24.0. The fourth-order valence-electron chi connectivity index (χ4n) is 3.71. The molecule has 3 aromatic rings. The summed E-state index contributed by atoms with van der Waals surface area (Å²) in [4.78, 5) is 19.7. The predicted molar refractivity (Wildman–Crippen MR) is 129 cm³/mol. The Labute approximate surface area is 197 Å². The zero-order valence-corrected chi connectivity index (χ0v) is 20.0. The number of amides is 1. The summed E-state index contributed by atoms with van der Waals surface area (Å²) in [5, 5.41) is 6.19. The molecule has 1 aliphatic rings. The molecule has 2 heterocycles. The molecule has 0 aliphatic carbocycles. The summed E-state index contributed by atoms with van der Waals surface area (Å²) in [7, 11) is -3.19. The monoisotopic (exact) mass is 489 g/mol. The number of aromatic nitrogens is 1. The second kappa shape index (κ2) is 9.60. The van der Waals surface area contributed by atoms with Gasteiger partial charge in [-0.05, 0) is 43.2 Å². The maximum absolute atomic E-state index is 12.7. The van der Waals surface area contributed by atoms with E-state index in [-0.39, 0.29) is 17.7 Å². The number of rotatable bonds is 6. The van der Waals surface area contributed by atoms with E-state index in [1.165, 1.54) is 11.3 Å². The smallest absolute Gasteiger partial charge is 0.270 e. The lowest BCUT2D eigenvalue weighted by Crippen LogP contribution is -2.44. The summed E-state index contributed by atoms with van der Waals surface area (Å²) in [6.07, 6.45) is 1.62. The van der Waals surface area contributed by atoms with Crippen molar-refractivity contribution in [1.82, 2.24) is 10.3 Å². The lowest BCUT2D eigenvalue weighted by molar-refractivity contribution is 0.0927. The molecule has 1 amide bonds. The van der Waals surface area contributed by atoms with E-state index < -0.39 is 9.84 Å². The quantitative estimate of drug-likeness (QED) is 0.545. The molecule has 1 aromatic heterocycles. The SMILES string of the molecule is CCS(=O)(=O)c1ccc(N2CCC(NC(=O)c3csc(-c4ccccc4Cl)n3)CC2)cc1. The Morgan fingerprint density at radius 2 is 1.84 bits per heavy atom. The van der Waals surface area contributed by atoms with Crippen LogP contribution in [0.5, 0.6) is 0 Å². The lowest BCUT2D eigenvalue weighted by atomic mass is 10.0. The summed E-state index contributed by atoms with van der Waals surface area (Å²) in [5.41, 5.74) is 2.22. The first-order chi connectivity index (χ1) is 15.4. The van der Waals surface area contributed by atoms with Crippen molar-refractivity contribution in [2.75, 3.05) is 23.7 Å². The summed E-state index contributed by atoms with van der Waals surface area (Å²) in [6, 6.07) is 14.6. The van der Waals surface area contributed by atoms with Gasteiger partial charge in [0.2, 0.25) is 0 Å². The van der Waals surface area contributed by atoms with E-state index in [9.17, 15) is 13.2 Å². The van der Waals surface area contributed by atoms with Gasteiger partial charge in [-0.3, -0.25) is 4.79 Å². The highest BCUT2D eigenvalue weighted by Gasteiger charge is 2.23. The molecule has 1 aliphatic heterocycles. The Bertz CT molecular complexity index is 1200. The average molecular weight is 490 g/mol. The van der Waals surface area contributed by atoms with Gasteiger partial charge < -0.3 is 10.2 Å². The topological polar surface area (TPSA) is 79.4 Å². The molecule has 1 N–H and O–H groups in total. The summed E-state index contributed by atoms with van der Waals surface area (Å²) in [5.74, 6) is -0.0804. The number of benzene rings is 2. The van der Waals surface area contributed by atoms with Gasteiger partial charge in [-0.1, -0.05) is 36.7 Å². The van der Waals surface area contributed by atoms with Crippen molar-refractivity contribution in [1.29, 1.82) is 0 Å². The lowest BCUT2D eigenvalue weighted by Gasteiger charge is -2.34. The number of nitrogens with zero attached hydrogens (tertiary/aromatic N) is 2. The van der Waals surface area contributed by atoms with Crippen molar-refractivity contribution in [3.05, 3.63) is 64.6 Å². The number of hydrogen-bond donors (Lipinski definition) is 1. The highest BCUT2D eigenvalue weighted by atomic mass is 35.5. The van der Waals surface area contributed by atoms with E-state index in [4.69, 9.17) is 11.6 Å². The third-order valence-electron chi connectivity index (χ3n) is 5.61. The molecule has 9 heteroatoms. The van der Waals surface area contributed by atoms with Crippen LogP contribution in [0.4, 0.5) is 5.69 Å². The first-order valence-electron chi connectivity index (χ1n) is 10.5. The number of carbonyl (C=O) groups excluding carboxylic acids is 1. The number of anilines is 1. The van der Waals surface area contributed by atoms with Gasteiger partial charge in [0.25, 0.3) is 5.91 Å². The van der Waals surface area contributed by atoms with Gasteiger partial charge in [-0.25, -0.2) is 13.4 Å². The first kappa shape index (κ1) is 22.8. The van der Waals surface area contributed by atoms with Gasteiger partial charge in [-0.15, -0.1) is 11.3 Å². The number of thiazole rings is 1. The maximum Gasteiger partial charge on any atom is 0.270 e. The van der Waals surface area contributed by atoms with E-state index in [1.54, 1.807) is 24.4 Å². The van der Waals surface area contributed by atoms with Crippen molar-refractivity contribution in [3.63, 3.8) is 0 Å². The number of sulfone groups is 1. The zero-order chi connectivity index (χ0) is 22.7. The van der Waals surface area contributed by atoms with Crippen molar-refractivity contribution < 1.29 is 13.2 Å². The third kappa shape index (κ3) is 4.98. The highest BCUT2D eigenvalue weighted by Crippen LogP contribution is 2.30. The number of halogens is 1. The molecule has 6 nitrogen and oxygen atoms in total. The Balaban J connectivity index is 1.33. The van der Waals surface area contributed by atoms with Gasteiger partial charge in [0.05, 0.1) is 15.7 Å². The fraction of sp³-hybridized carbons (Fsp3) is 0.304. The van der Waals surface area contributed by atoms with Crippen LogP contribution in [0.15, 0.2) is 58.8 Å². The minimum absolute atomic E-state index is 0.0731. The van der Waals surface area contributed by atoms with Gasteiger partial charge in [0.15, 0.2) is 9.84 Å². The molecule has 1 fully saturated rings. The molecule has 32 heavy (non-hydrogen) atoms. The predicted octanol–water partition coefficient (Wildman–Crippen LogP) is 4.66. The van der Waals surface area contributed by atoms with E-state index in [0.717, 1.165) is 42.2 Å². The Morgan fingerprint density at radius 3 is 2.50 bits per heavy atom. The maximum atomic E-state index is 12.7. The molecular formula is C23H24ClN3O3S2. The average Bonchev–Trinajstić information content (AvgIpc) is 3.30. The number of piperidine rings is 1. The number of nitrogens with one attached hydrogen (secondary N) is 1. The van der Waals surface area contributed by atoms with Crippen LogP contribution in [0.1, 0.15) is 30.3 Å². The second-order valence-electron chi connectivity index (χ2n) is 7.65. The van der Waals surface area contributed by atoms with Crippen LogP contribution in [0, 0.1) is 0 Å². The molecule has 0 saturated carbocycles. The molecule has 0 radical (unpaired) electrons. The molecule has 168 valence electrons. The normalized spacial score (nSPS) is 15.0. The Hall–Kier alpha value is -2.42. The summed E-state index contributed by atoms with van der Waals surface area (Å²) >= 11 is 7.64. The second-order valence-corrected chi connectivity index (χ2v) is 11.2. The standard InChI is InChI=1S/C23H24ClN3O3S2/c1-2-32(29,30)18-9-7-17(8-10-18)27-13-11-16(12-14-27)25-22(28)21-15-31-23(26-21)19-5-3-4-6-20(19)24/h3-10,15-16H,2,11-14H2,1H3,(H,25,28). The van der Waals surface area contributed by atoms with E-state index in [2.05, 4.69) is 15.2 Å². The number of hydrogen-bond acceptors (Lipinski definition) is 6. The van der Waals surface area contributed by atoms with Crippen molar-refractivity contribution in [2.45, 2.75) is 30.7 Å². The highest BCUT2D eigenvalue weighted by molar-refractivity contribution is 7.91. The van der Waals surface area contributed by atoms with Crippen LogP contribution in [0.3, 0.4) is 0 Å². The molecule has 0 bridgehead atoms. The van der Waals surface area contributed by atoms with Crippen molar-refractivity contribution in [2.24, 2.45) is 0 Å². The molecule has 0 unspecified atom stereocenters. The zero-order valence-electron chi connectivity index (χ0n) is 17.6. The minimum Gasteiger partial charge on any atom is -0.371 e. The van der Waals surface area contributed by atoms with Crippen LogP contribution in [-0.2, 0) is 9.84 Å². The Kier molecular flexibility index (Phi) is 6.83. The Morgan fingerprint density at radius 1 is 1.16 bits per heavy atom. The van der Waals surface area contributed by atoms with Crippen molar-refractivity contribution >= 4 is 44.4 Å². The molecule has 0 atom stereocenters. The van der Waals surface area contributed by atoms with Crippen LogP contribution >= 0.6 is 22.9 Å². The molecule has 4 rings (SSSR count). The van der Waals surface area contributed by atoms with Gasteiger partial charge in [0, 0.05) is 35.8 Å². The van der Waals surface area contributed by atoms with Crippen LogP contribution in [0.2, 0.25) is 5.02 Å².